The summed E-state index contributed by atoms with van der Waals surface area (Å²) < 4.78 is 11.8. The first kappa shape index (κ1) is 26.1. The first-order valence-electron chi connectivity index (χ1n) is 11.8. The molecule has 8 heteroatoms. The molecule has 1 N–H and O–H groups in total. The normalized spacial score (nSPS) is 13.6. The van der Waals surface area contributed by atoms with Crippen molar-refractivity contribution in [3.05, 3.63) is 79.7 Å². The van der Waals surface area contributed by atoms with Gasteiger partial charge >= 0.3 is 0 Å². The van der Waals surface area contributed by atoms with Crippen molar-refractivity contribution in [1.82, 2.24) is 0 Å². The maximum Gasteiger partial charge on any atom is 0.180 e. The van der Waals surface area contributed by atoms with Gasteiger partial charge < -0.3 is 19.7 Å². The molecule has 1 aliphatic rings. The average molecular weight is 554 g/mol. The van der Waals surface area contributed by atoms with Crippen LogP contribution in [0.4, 0.5) is 11.4 Å². The van der Waals surface area contributed by atoms with Gasteiger partial charge in [0.15, 0.2) is 11.5 Å². The minimum absolute atomic E-state index is 0.178. The molecule has 0 unspecified atom stereocenters. The Bertz CT molecular complexity index is 1150. The summed E-state index contributed by atoms with van der Waals surface area (Å²) in [6.45, 7) is 5.24. The van der Waals surface area contributed by atoms with Gasteiger partial charge in [-0.15, -0.1) is 0 Å². The lowest BCUT2D eigenvalue weighted by Gasteiger charge is -2.29. The SMILES string of the molecule is CCOc1cc(CNc2ccc(N3CCCCC3)c(Cl)c2)cc(Cl)c1OCc1c(Cl)cccc1Cl. The number of halogens is 4. The van der Waals surface area contributed by atoms with Crippen molar-refractivity contribution in [3.8, 4) is 11.5 Å². The molecule has 3 aromatic rings. The van der Waals surface area contributed by atoms with E-state index in [1.54, 1.807) is 18.2 Å². The first-order valence-corrected chi connectivity index (χ1v) is 13.3. The van der Waals surface area contributed by atoms with E-state index in [1.807, 2.05) is 25.1 Å². The van der Waals surface area contributed by atoms with E-state index in [2.05, 4.69) is 22.3 Å². The van der Waals surface area contributed by atoms with Crippen molar-refractivity contribution in [2.24, 2.45) is 0 Å². The van der Waals surface area contributed by atoms with Crippen molar-refractivity contribution in [1.29, 1.82) is 0 Å². The van der Waals surface area contributed by atoms with Gasteiger partial charge in [-0.3, -0.25) is 0 Å². The van der Waals surface area contributed by atoms with Crippen LogP contribution in [0, 0.1) is 0 Å². The first-order chi connectivity index (χ1) is 17.0. The predicted molar refractivity (Wildman–Crippen MR) is 148 cm³/mol. The van der Waals surface area contributed by atoms with Crippen LogP contribution < -0.4 is 19.7 Å². The number of nitrogens with zero attached hydrogens (tertiary/aromatic N) is 1. The fourth-order valence-electron chi connectivity index (χ4n) is 4.15. The highest BCUT2D eigenvalue weighted by molar-refractivity contribution is 6.36. The van der Waals surface area contributed by atoms with Gasteiger partial charge in [0.05, 0.1) is 22.3 Å². The second kappa shape index (κ2) is 12.3. The lowest BCUT2D eigenvalue weighted by Crippen LogP contribution is -2.29. The van der Waals surface area contributed by atoms with Gasteiger partial charge in [-0.2, -0.15) is 0 Å². The zero-order valence-electron chi connectivity index (χ0n) is 19.6. The van der Waals surface area contributed by atoms with Crippen LogP contribution in [0.15, 0.2) is 48.5 Å². The summed E-state index contributed by atoms with van der Waals surface area (Å²) in [5, 5.41) is 5.72. The van der Waals surface area contributed by atoms with E-state index < -0.39 is 0 Å². The summed E-state index contributed by atoms with van der Waals surface area (Å²) in [7, 11) is 0. The van der Waals surface area contributed by atoms with Gasteiger partial charge in [-0.1, -0.05) is 52.5 Å². The molecule has 0 aliphatic carbocycles. The molecular weight excluding hydrogens is 526 g/mol. The Kier molecular flexibility index (Phi) is 9.18. The van der Waals surface area contributed by atoms with Crippen molar-refractivity contribution >= 4 is 57.8 Å². The fraction of sp³-hybridized carbons (Fsp3) is 0.333. The molecule has 1 saturated heterocycles. The highest BCUT2D eigenvalue weighted by Gasteiger charge is 2.16. The van der Waals surface area contributed by atoms with Crippen LogP contribution >= 0.6 is 46.4 Å². The summed E-state index contributed by atoms with van der Waals surface area (Å²) >= 11 is 25.8. The number of hydrogen-bond donors (Lipinski definition) is 1. The molecule has 3 aromatic carbocycles. The Morgan fingerprint density at radius 3 is 2.26 bits per heavy atom. The summed E-state index contributed by atoms with van der Waals surface area (Å²) in [6.07, 6.45) is 3.71. The standard InChI is InChI=1S/C27H28Cl4N2O2/c1-2-34-26-14-18(13-24(31)27(26)35-17-20-21(28)7-6-8-22(20)29)16-32-19-9-10-25(23(30)15-19)33-11-4-3-5-12-33/h6-10,13-15,32H,2-5,11-12,16-17H2,1H3. The summed E-state index contributed by atoms with van der Waals surface area (Å²) in [5.41, 5.74) is 3.69. The van der Waals surface area contributed by atoms with E-state index in [1.165, 1.54) is 19.3 Å². The number of benzene rings is 3. The topological polar surface area (TPSA) is 33.7 Å². The molecule has 4 rings (SSSR count). The summed E-state index contributed by atoms with van der Waals surface area (Å²) in [4.78, 5) is 2.36. The zero-order valence-corrected chi connectivity index (χ0v) is 22.6. The third-order valence-electron chi connectivity index (χ3n) is 5.93. The number of hydrogen-bond acceptors (Lipinski definition) is 4. The van der Waals surface area contributed by atoms with E-state index in [9.17, 15) is 0 Å². The van der Waals surface area contributed by atoms with Gasteiger partial charge in [0, 0.05) is 40.9 Å². The van der Waals surface area contributed by atoms with Crippen molar-refractivity contribution in [3.63, 3.8) is 0 Å². The maximum absolute atomic E-state index is 6.61. The van der Waals surface area contributed by atoms with Crippen molar-refractivity contribution in [2.45, 2.75) is 39.3 Å². The monoisotopic (exact) mass is 552 g/mol. The van der Waals surface area contributed by atoms with Crippen molar-refractivity contribution < 1.29 is 9.47 Å². The van der Waals surface area contributed by atoms with E-state index in [-0.39, 0.29) is 6.61 Å². The quantitative estimate of drug-likeness (QED) is 0.287. The van der Waals surface area contributed by atoms with Crippen LogP contribution in [-0.2, 0) is 13.2 Å². The zero-order chi connectivity index (χ0) is 24.8. The van der Waals surface area contributed by atoms with E-state index in [4.69, 9.17) is 55.9 Å². The number of piperidine rings is 1. The highest BCUT2D eigenvalue weighted by atomic mass is 35.5. The Morgan fingerprint density at radius 1 is 0.829 bits per heavy atom. The maximum atomic E-state index is 6.61. The molecule has 1 aliphatic heterocycles. The van der Waals surface area contributed by atoms with Crippen LogP contribution in [0.3, 0.4) is 0 Å². The molecule has 0 bridgehead atoms. The second-order valence-electron chi connectivity index (χ2n) is 8.39. The molecule has 0 saturated carbocycles. The highest BCUT2D eigenvalue weighted by Crippen LogP contribution is 2.39. The Balaban J connectivity index is 1.46. The smallest absolute Gasteiger partial charge is 0.180 e. The molecule has 0 amide bonds. The molecule has 186 valence electrons. The molecule has 1 fully saturated rings. The Labute approximate surface area is 227 Å². The predicted octanol–water partition coefficient (Wildman–Crippen LogP) is 8.88. The van der Waals surface area contributed by atoms with Gasteiger partial charge in [-0.05, 0) is 74.2 Å². The van der Waals surface area contributed by atoms with Gasteiger partial charge in [0.25, 0.3) is 0 Å². The molecular formula is C27H28Cl4N2O2. The number of anilines is 2. The fourth-order valence-corrected chi connectivity index (χ4v) is 5.25. The number of rotatable bonds is 9. The average Bonchev–Trinajstić information content (AvgIpc) is 2.84. The van der Waals surface area contributed by atoms with Gasteiger partial charge in [-0.25, -0.2) is 0 Å². The lowest BCUT2D eigenvalue weighted by atomic mass is 10.1. The Hall–Kier alpha value is -1.98. The molecule has 0 aromatic heterocycles. The van der Waals surface area contributed by atoms with Crippen LogP contribution in [-0.4, -0.2) is 19.7 Å². The van der Waals surface area contributed by atoms with E-state index in [0.29, 0.717) is 45.3 Å². The molecule has 0 spiro atoms. The third-order valence-corrected chi connectivity index (χ3v) is 7.22. The second-order valence-corrected chi connectivity index (χ2v) is 10.0. The Morgan fingerprint density at radius 2 is 1.57 bits per heavy atom. The summed E-state index contributed by atoms with van der Waals surface area (Å²) in [6, 6.07) is 15.3. The molecule has 35 heavy (non-hydrogen) atoms. The third kappa shape index (κ3) is 6.62. The van der Waals surface area contributed by atoms with Crippen LogP contribution in [0.5, 0.6) is 11.5 Å². The van der Waals surface area contributed by atoms with E-state index in [0.717, 1.165) is 35.1 Å². The van der Waals surface area contributed by atoms with E-state index >= 15 is 0 Å². The molecule has 0 atom stereocenters. The van der Waals surface area contributed by atoms with Crippen LogP contribution in [0.2, 0.25) is 20.1 Å². The van der Waals surface area contributed by atoms with Crippen molar-refractivity contribution in [2.75, 3.05) is 29.9 Å². The number of nitrogens with one attached hydrogen (secondary N) is 1. The van der Waals surface area contributed by atoms with Gasteiger partial charge in [0.2, 0.25) is 0 Å². The van der Waals surface area contributed by atoms with Gasteiger partial charge in [0.1, 0.15) is 6.61 Å². The molecule has 1 heterocycles. The minimum Gasteiger partial charge on any atom is -0.490 e. The number of ether oxygens (including phenoxy) is 2. The minimum atomic E-state index is 0.178. The lowest BCUT2D eigenvalue weighted by molar-refractivity contribution is 0.269. The molecule has 0 radical (unpaired) electrons. The van der Waals surface area contributed by atoms with Crippen LogP contribution in [0.1, 0.15) is 37.3 Å². The largest absolute Gasteiger partial charge is 0.490 e. The van der Waals surface area contributed by atoms with Crippen LogP contribution in [0.25, 0.3) is 0 Å². The summed E-state index contributed by atoms with van der Waals surface area (Å²) in [5.74, 6) is 1.03. The molecule has 4 nitrogen and oxygen atoms in total.